The van der Waals surface area contributed by atoms with Gasteiger partial charge in [0.25, 0.3) is 0 Å². The Hall–Kier alpha value is -2.45. The molecule has 144 valence electrons. The van der Waals surface area contributed by atoms with Crippen molar-refractivity contribution in [2.75, 3.05) is 19.7 Å². The maximum Gasteiger partial charge on any atom is 0.329 e. The second kappa shape index (κ2) is 7.28. The number of imidazole rings is 1. The number of carbonyl (C=O) groups excluding carboxylic acids is 2. The molecule has 8 nitrogen and oxygen atoms in total. The van der Waals surface area contributed by atoms with Gasteiger partial charge in [0, 0.05) is 33.2 Å². The Morgan fingerprint density at radius 3 is 2.74 bits per heavy atom. The number of imide groups is 1. The van der Waals surface area contributed by atoms with Crippen LogP contribution in [-0.2, 0) is 27.8 Å². The highest BCUT2D eigenvalue weighted by Gasteiger charge is 2.31. The molecule has 3 heterocycles. The zero-order chi connectivity index (χ0) is 19.0. The van der Waals surface area contributed by atoms with Gasteiger partial charge in [0.2, 0.25) is 11.8 Å². The summed E-state index contributed by atoms with van der Waals surface area (Å²) in [6.45, 7) is 2.52. The van der Waals surface area contributed by atoms with E-state index in [-0.39, 0.29) is 18.0 Å². The van der Waals surface area contributed by atoms with E-state index in [2.05, 4.69) is 10.6 Å². The van der Waals surface area contributed by atoms with E-state index in [0.717, 1.165) is 42.5 Å². The SMILES string of the molecule is Cn1c(=O)n(C2CCC(=O)NC2=O)c2cccc(CCCOC3CNC3)c21. The van der Waals surface area contributed by atoms with Gasteiger partial charge in [-0.25, -0.2) is 4.79 Å². The van der Waals surface area contributed by atoms with E-state index in [1.165, 1.54) is 4.57 Å². The smallest absolute Gasteiger partial charge is 0.329 e. The first-order valence-electron chi connectivity index (χ1n) is 9.41. The summed E-state index contributed by atoms with van der Waals surface area (Å²) in [5, 5.41) is 5.52. The van der Waals surface area contributed by atoms with Gasteiger partial charge in [-0.15, -0.1) is 0 Å². The van der Waals surface area contributed by atoms with Crippen molar-refractivity contribution in [2.45, 2.75) is 37.8 Å². The number of benzene rings is 1. The van der Waals surface area contributed by atoms with Gasteiger partial charge in [-0.2, -0.15) is 0 Å². The average Bonchev–Trinajstić information content (AvgIpc) is 2.85. The molecule has 1 atom stereocenters. The normalized spacial score (nSPS) is 20.7. The number of para-hydroxylation sites is 1. The number of rotatable bonds is 6. The van der Waals surface area contributed by atoms with E-state index in [9.17, 15) is 14.4 Å². The highest BCUT2D eigenvalue weighted by molar-refractivity contribution is 6.00. The van der Waals surface area contributed by atoms with E-state index >= 15 is 0 Å². The molecule has 4 rings (SSSR count). The molecule has 2 aliphatic heterocycles. The minimum atomic E-state index is -0.649. The lowest BCUT2D eigenvalue weighted by Crippen LogP contribution is -2.48. The van der Waals surface area contributed by atoms with Crippen LogP contribution >= 0.6 is 0 Å². The molecule has 2 aromatic rings. The Morgan fingerprint density at radius 2 is 2.04 bits per heavy atom. The van der Waals surface area contributed by atoms with Crippen LogP contribution in [0.5, 0.6) is 0 Å². The molecule has 2 amide bonds. The van der Waals surface area contributed by atoms with Crippen LogP contribution in [0.1, 0.15) is 30.9 Å². The molecule has 0 saturated carbocycles. The van der Waals surface area contributed by atoms with Crippen LogP contribution in [0.15, 0.2) is 23.0 Å². The molecular formula is C19H24N4O4. The molecule has 8 heteroatoms. The van der Waals surface area contributed by atoms with Gasteiger partial charge in [-0.3, -0.25) is 24.0 Å². The molecule has 1 aromatic carbocycles. The third kappa shape index (κ3) is 3.30. The summed E-state index contributed by atoms with van der Waals surface area (Å²) in [4.78, 5) is 36.6. The first-order valence-corrected chi connectivity index (χ1v) is 9.41. The van der Waals surface area contributed by atoms with Crippen molar-refractivity contribution in [2.24, 2.45) is 7.05 Å². The monoisotopic (exact) mass is 372 g/mol. The number of hydrogen-bond acceptors (Lipinski definition) is 5. The molecule has 27 heavy (non-hydrogen) atoms. The van der Waals surface area contributed by atoms with E-state index in [1.54, 1.807) is 11.6 Å². The van der Waals surface area contributed by atoms with Gasteiger partial charge in [0.1, 0.15) is 6.04 Å². The lowest BCUT2D eigenvalue weighted by atomic mass is 10.0. The zero-order valence-electron chi connectivity index (χ0n) is 15.4. The lowest BCUT2D eigenvalue weighted by Gasteiger charge is -2.27. The zero-order valence-corrected chi connectivity index (χ0v) is 15.4. The number of hydrogen-bond donors (Lipinski definition) is 2. The van der Waals surface area contributed by atoms with E-state index in [1.807, 2.05) is 18.2 Å². The fourth-order valence-electron chi connectivity index (χ4n) is 3.84. The summed E-state index contributed by atoms with van der Waals surface area (Å²) in [5.74, 6) is -0.694. The van der Waals surface area contributed by atoms with Crippen molar-refractivity contribution in [3.8, 4) is 0 Å². The van der Waals surface area contributed by atoms with Gasteiger partial charge in [0.15, 0.2) is 0 Å². The number of nitrogens with zero attached hydrogens (tertiary/aromatic N) is 2. The predicted octanol–water partition coefficient (Wildman–Crippen LogP) is 0.239. The molecule has 2 N–H and O–H groups in total. The molecular weight excluding hydrogens is 348 g/mol. The van der Waals surface area contributed by atoms with Crippen LogP contribution in [-0.4, -0.2) is 46.7 Å². The first kappa shape index (κ1) is 17.9. The van der Waals surface area contributed by atoms with Gasteiger partial charge in [-0.05, 0) is 30.9 Å². The number of nitrogens with one attached hydrogen (secondary N) is 2. The number of ether oxygens (including phenoxy) is 1. The van der Waals surface area contributed by atoms with Gasteiger partial charge in [-0.1, -0.05) is 12.1 Å². The summed E-state index contributed by atoms with van der Waals surface area (Å²) >= 11 is 0. The van der Waals surface area contributed by atoms with Crippen molar-refractivity contribution >= 4 is 22.8 Å². The highest BCUT2D eigenvalue weighted by Crippen LogP contribution is 2.25. The summed E-state index contributed by atoms with van der Waals surface area (Å²) in [7, 11) is 1.73. The van der Waals surface area contributed by atoms with Crippen molar-refractivity contribution in [3.63, 3.8) is 0 Å². The van der Waals surface area contributed by atoms with Crippen molar-refractivity contribution in [1.82, 2.24) is 19.8 Å². The van der Waals surface area contributed by atoms with E-state index < -0.39 is 11.9 Å². The molecule has 1 unspecified atom stereocenters. The molecule has 1 aromatic heterocycles. The Balaban J connectivity index is 1.60. The fraction of sp³-hybridized carbons (Fsp3) is 0.526. The van der Waals surface area contributed by atoms with Gasteiger partial charge < -0.3 is 10.1 Å². The summed E-state index contributed by atoms with van der Waals surface area (Å²) in [6, 6.07) is 5.14. The number of piperidine rings is 1. The molecule has 0 radical (unpaired) electrons. The van der Waals surface area contributed by atoms with Crippen molar-refractivity contribution in [3.05, 3.63) is 34.2 Å². The maximum atomic E-state index is 12.9. The van der Waals surface area contributed by atoms with E-state index in [0.29, 0.717) is 19.1 Å². The minimum Gasteiger partial charge on any atom is -0.376 e. The van der Waals surface area contributed by atoms with Crippen molar-refractivity contribution in [1.29, 1.82) is 0 Å². The second-order valence-corrected chi connectivity index (χ2v) is 7.22. The Labute approximate surface area is 156 Å². The van der Waals surface area contributed by atoms with Crippen LogP contribution in [0, 0.1) is 0 Å². The van der Waals surface area contributed by atoms with Crippen LogP contribution in [0.3, 0.4) is 0 Å². The number of amides is 2. The predicted molar refractivity (Wildman–Crippen MR) is 99.5 cm³/mol. The Bertz CT molecular complexity index is 941. The molecule has 2 saturated heterocycles. The molecule has 2 aliphatic rings. The molecule has 2 fully saturated rings. The summed E-state index contributed by atoms with van der Waals surface area (Å²) in [6.07, 6.45) is 2.57. The average molecular weight is 372 g/mol. The Kier molecular flexibility index (Phi) is 4.84. The van der Waals surface area contributed by atoms with Gasteiger partial charge >= 0.3 is 5.69 Å². The van der Waals surface area contributed by atoms with E-state index in [4.69, 9.17) is 4.74 Å². The van der Waals surface area contributed by atoms with Crippen LogP contribution in [0.25, 0.3) is 11.0 Å². The summed E-state index contributed by atoms with van der Waals surface area (Å²) in [5.41, 5.74) is 2.41. The Morgan fingerprint density at radius 1 is 1.22 bits per heavy atom. The van der Waals surface area contributed by atoms with Crippen LogP contribution in [0.4, 0.5) is 0 Å². The molecule has 0 aliphatic carbocycles. The second-order valence-electron chi connectivity index (χ2n) is 7.22. The van der Waals surface area contributed by atoms with Crippen LogP contribution < -0.4 is 16.3 Å². The molecule has 0 bridgehead atoms. The quantitative estimate of drug-likeness (QED) is 0.560. The number of aryl methyl sites for hydroxylation is 2. The van der Waals surface area contributed by atoms with Crippen molar-refractivity contribution < 1.29 is 14.3 Å². The largest absolute Gasteiger partial charge is 0.376 e. The summed E-state index contributed by atoms with van der Waals surface area (Å²) < 4.78 is 8.90. The maximum absolute atomic E-state index is 12.9. The topological polar surface area (TPSA) is 94.4 Å². The third-order valence-corrected chi connectivity index (χ3v) is 5.40. The highest BCUT2D eigenvalue weighted by atomic mass is 16.5. The third-order valence-electron chi connectivity index (χ3n) is 5.40. The minimum absolute atomic E-state index is 0.233. The standard InChI is InChI=1S/C19H24N4O4/c1-22-17-12(5-3-9-27-13-10-20-11-13)4-2-6-14(17)23(19(22)26)15-7-8-16(24)21-18(15)25/h2,4,6,13,15,20H,3,5,7-11H2,1H3,(H,21,24,25). The lowest BCUT2D eigenvalue weighted by molar-refractivity contribution is -0.135. The van der Waals surface area contributed by atoms with Gasteiger partial charge in [0.05, 0.1) is 17.1 Å². The first-order chi connectivity index (χ1) is 13.1. The van der Waals surface area contributed by atoms with Crippen LogP contribution in [0.2, 0.25) is 0 Å². The fourth-order valence-corrected chi connectivity index (χ4v) is 3.84. The number of carbonyl (C=O) groups is 2. The number of aromatic nitrogens is 2. The molecule has 0 spiro atoms. The number of fused-ring (bicyclic) bond motifs is 1.